The van der Waals surface area contributed by atoms with Crippen molar-refractivity contribution in [2.45, 2.75) is 30.7 Å². The van der Waals surface area contributed by atoms with Gasteiger partial charge >= 0.3 is 0 Å². The summed E-state index contributed by atoms with van der Waals surface area (Å²) in [7, 11) is -3.67. The van der Waals surface area contributed by atoms with Crippen molar-refractivity contribution in [2.24, 2.45) is 0 Å². The van der Waals surface area contributed by atoms with Crippen LogP contribution in [0.1, 0.15) is 30.5 Å². The lowest BCUT2D eigenvalue weighted by Gasteiger charge is -2.19. The molecule has 3 rings (SSSR count). The van der Waals surface area contributed by atoms with Gasteiger partial charge in [0.15, 0.2) is 0 Å². The van der Waals surface area contributed by atoms with Crippen molar-refractivity contribution in [3.63, 3.8) is 0 Å². The van der Waals surface area contributed by atoms with Gasteiger partial charge in [-0.25, -0.2) is 13.1 Å². The molecular formula is C17H17ClN2O3S. The van der Waals surface area contributed by atoms with Crippen molar-refractivity contribution < 1.29 is 13.2 Å². The fourth-order valence-corrected chi connectivity index (χ4v) is 4.15. The highest BCUT2D eigenvalue weighted by Crippen LogP contribution is 2.26. The van der Waals surface area contributed by atoms with Crippen LogP contribution >= 0.6 is 11.6 Å². The van der Waals surface area contributed by atoms with Crippen molar-refractivity contribution in [1.82, 2.24) is 4.72 Å². The van der Waals surface area contributed by atoms with Crippen LogP contribution in [0.15, 0.2) is 47.4 Å². The molecule has 0 unspecified atom stereocenters. The maximum Gasteiger partial charge on any atom is 0.241 e. The summed E-state index contributed by atoms with van der Waals surface area (Å²) in [5.41, 5.74) is 2.29. The van der Waals surface area contributed by atoms with Gasteiger partial charge in [0.05, 0.1) is 4.90 Å². The van der Waals surface area contributed by atoms with E-state index in [-0.39, 0.29) is 10.8 Å². The summed E-state index contributed by atoms with van der Waals surface area (Å²) >= 11 is 5.96. The van der Waals surface area contributed by atoms with Gasteiger partial charge in [0.25, 0.3) is 0 Å². The predicted molar refractivity (Wildman–Crippen MR) is 93.6 cm³/mol. The lowest BCUT2D eigenvalue weighted by Crippen LogP contribution is -2.27. The Labute approximate surface area is 146 Å². The van der Waals surface area contributed by atoms with Crippen molar-refractivity contribution >= 4 is 33.2 Å². The molecule has 0 saturated heterocycles. The minimum absolute atomic E-state index is 0.0502. The number of hydrogen-bond donors (Lipinski definition) is 2. The number of hydrogen-bond acceptors (Lipinski definition) is 3. The molecule has 0 aromatic heterocycles. The minimum atomic E-state index is -3.67. The van der Waals surface area contributed by atoms with Crippen LogP contribution in [-0.2, 0) is 21.2 Å². The first-order chi connectivity index (χ1) is 11.3. The first-order valence-electron chi connectivity index (χ1n) is 7.56. The fourth-order valence-electron chi connectivity index (χ4n) is 2.67. The largest absolute Gasteiger partial charge is 0.326 e. The van der Waals surface area contributed by atoms with E-state index >= 15 is 0 Å². The zero-order valence-corrected chi connectivity index (χ0v) is 14.6. The number of nitrogens with one attached hydrogen (secondary N) is 2. The van der Waals surface area contributed by atoms with Gasteiger partial charge < -0.3 is 5.32 Å². The molecule has 0 saturated carbocycles. The minimum Gasteiger partial charge on any atom is -0.326 e. The smallest absolute Gasteiger partial charge is 0.241 e. The maximum atomic E-state index is 12.6. The van der Waals surface area contributed by atoms with Crippen LogP contribution in [-0.4, -0.2) is 14.3 Å². The third-order valence-electron chi connectivity index (χ3n) is 3.96. The van der Waals surface area contributed by atoms with E-state index in [2.05, 4.69) is 10.0 Å². The molecule has 0 fully saturated rings. The molecule has 24 heavy (non-hydrogen) atoms. The Bertz CT molecular complexity index is 896. The van der Waals surface area contributed by atoms with Crippen LogP contribution < -0.4 is 10.0 Å². The molecule has 1 aliphatic heterocycles. The standard InChI is InChI=1S/C17H17ClN2O3S/c1-11(12-3-2-4-14(18)9-12)20-24(22,23)15-6-7-16-13(10-15)5-8-17(21)19-16/h2-4,6-7,9-11,20H,5,8H2,1H3,(H,19,21)/t11-/m0/s1. The Hall–Kier alpha value is -1.89. The van der Waals surface area contributed by atoms with E-state index < -0.39 is 16.1 Å². The maximum absolute atomic E-state index is 12.6. The van der Waals surface area contributed by atoms with Gasteiger partial charge in [0.2, 0.25) is 15.9 Å². The number of amides is 1. The number of rotatable bonds is 4. The van der Waals surface area contributed by atoms with Crippen molar-refractivity contribution in [3.8, 4) is 0 Å². The van der Waals surface area contributed by atoms with Crippen LogP contribution in [0.5, 0.6) is 0 Å². The van der Waals surface area contributed by atoms with Crippen molar-refractivity contribution in [3.05, 3.63) is 58.6 Å². The van der Waals surface area contributed by atoms with Gasteiger partial charge in [-0.1, -0.05) is 23.7 Å². The predicted octanol–water partition coefficient (Wildman–Crippen LogP) is 3.26. The van der Waals surface area contributed by atoms with E-state index in [9.17, 15) is 13.2 Å². The number of benzene rings is 2. The van der Waals surface area contributed by atoms with Crippen LogP contribution in [0, 0.1) is 0 Å². The number of fused-ring (bicyclic) bond motifs is 1. The van der Waals surface area contributed by atoms with Gasteiger partial charge in [0, 0.05) is 23.2 Å². The molecule has 0 bridgehead atoms. The monoisotopic (exact) mass is 364 g/mol. The van der Waals surface area contributed by atoms with E-state index in [1.807, 2.05) is 6.07 Å². The molecule has 0 aliphatic carbocycles. The molecule has 0 radical (unpaired) electrons. The van der Waals surface area contributed by atoms with Crippen molar-refractivity contribution in [1.29, 1.82) is 0 Å². The zero-order valence-electron chi connectivity index (χ0n) is 13.0. The van der Waals surface area contributed by atoms with Gasteiger partial charge in [-0.05, 0) is 54.8 Å². The average molecular weight is 365 g/mol. The number of sulfonamides is 1. The molecule has 1 aliphatic rings. The van der Waals surface area contributed by atoms with Gasteiger partial charge in [-0.15, -0.1) is 0 Å². The van der Waals surface area contributed by atoms with E-state index in [4.69, 9.17) is 11.6 Å². The van der Waals surface area contributed by atoms with E-state index in [1.54, 1.807) is 37.3 Å². The number of halogens is 1. The Morgan fingerprint density at radius 1 is 1.17 bits per heavy atom. The summed E-state index contributed by atoms with van der Waals surface area (Å²) in [5.74, 6) is -0.0502. The normalized spacial score (nSPS) is 15.5. The second-order valence-corrected chi connectivity index (χ2v) is 7.92. The second kappa shape index (κ2) is 6.55. The Morgan fingerprint density at radius 2 is 1.96 bits per heavy atom. The number of carbonyl (C=O) groups excluding carboxylic acids is 1. The Kier molecular flexibility index (Phi) is 4.62. The van der Waals surface area contributed by atoms with Gasteiger partial charge in [-0.3, -0.25) is 4.79 Å². The highest BCUT2D eigenvalue weighted by atomic mass is 35.5. The summed E-state index contributed by atoms with van der Waals surface area (Å²) in [6.07, 6.45) is 0.900. The molecule has 7 heteroatoms. The first-order valence-corrected chi connectivity index (χ1v) is 9.42. The summed E-state index contributed by atoms with van der Waals surface area (Å²) in [5, 5.41) is 3.30. The molecule has 126 valence electrons. The summed E-state index contributed by atoms with van der Waals surface area (Å²) in [4.78, 5) is 11.6. The number of aryl methyl sites for hydroxylation is 1. The Balaban J connectivity index is 1.84. The van der Waals surface area contributed by atoms with E-state index in [0.717, 1.165) is 11.1 Å². The van der Waals surface area contributed by atoms with E-state index in [0.29, 0.717) is 23.6 Å². The molecular weight excluding hydrogens is 348 g/mol. The Morgan fingerprint density at radius 3 is 2.71 bits per heavy atom. The van der Waals surface area contributed by atoms with Crippen LogP contribution in [0.25, 0.3) is 0 Å². The summed E-state index contributed by atoms with van der Waals surface area (Å²) in [6, 6.07) is 11.4. The quantitative estimate of drug-likeness (QED) is 0.874. The average Bonchev–Trinajstić information content (AvgIpc) is 2.53. The fraction of sp³-hybridized carbons (Fsp3) is 0.235. The van der Waals surface area contributed by atoms with E-state index in [1.165, 1.54) is 6.07 Å². The highest BCUT2D eigenvalue weighted by Gasteiger charge is 2.22. The van der Waals surface area contributed by atoms with Gasteiger partial charge in [0.1, 0.15) is 0 Å². The molecule has 1 heterocycles. The molecule has 1 atom stereocenters. The number of carbonyl (C=O) groups is 1. The lowest BCUT2D eigenvalue weighted by atomic mass is 10.0. The second-order valence-electron chi connectivity index (χ2n) is 5.77. The van der Waals surface area contributed by atoms with Crippen LogP contribution in [0.2, 0.25) is 5.02 Å². The first kappa shape index (κ1) is 17.0. The lowest BCUT2D eigenvalue weighted by molar-refractivity contribution is -0.116. The molecule has 5 nitrogen and oxygen atoms in total. The van der Waals surface area contributed by atoms with Crippen molar-refractivity contribution in [2.75, 3.05) is 5.32 Å². The van der Waals surface area contributed by atoms with Crippen LogP contribution in [0.3, 0.4) is 0 Å². The highest BCUT2D eigenvalue weighted by molar-refractivity contribution is 7.89. The molecule has 2 N–H and O–H groups in total. The molecule has 0 spiro atoms. The SMILES string of the molecule is C[C@H](NS(=O)(=O)c1ccc2c(c1)CCC(=O)N2)c1cccc(Cl)c1. The van der Waals surface area contributed by atoms with Gasteiger partial charge in [-0.2, -0.15) is 0 Å². The molecule has 1 amide bonds. The topological polar surface area (TPSA) is 75.3 Å². The summed E-state index contributed by atoms with van der Waals surface area (Å²) < 4.78 is 27.9. The zero-order chi connectivity index (χ0) is 17.3. The molecule has 2 aromatic rings. The third-order valence-corrected chi connectivity index (χ3v) is 5.74. The molecule has 2 aromatic carbocycles. The van der Waals surface area contributed by atoms with Crippen LogP contribution in [0.4, 0.5) is 5.69 Å². The third kappa shape index (κ3) is 3.61. The summed E-state index contributed by atoms with van der Waals surface area (Å²) in [6.45, 7) is 1.77. The number of anilines is 1.